The summed E-state index contributed by atoms with van der Waals surface area (Å²) in [6.45, 7) is 2.19. The Kier molecular flexibility index (Phi) is 6.79. The van der Waals surface area contributed by atoms with E-state index in [-0.39, 0.29) is 12.2 Å². The van der Waals surface area contributed by atoms with Gasteiger partial charge < -0.3 is 9.15 Å². The number of carbonyl (C=O) groups excluding carboxylic acids is 2. The van der Waals surface area contributed by atoms with Crippen molar-refractivity contribution in [1.82, 2.24) is 0 Å². The number of ketones is 1. The molecule has 0 fully saturated rings. The fourth-order valence-electron chi connectivity index (χ4n) is 2.55. The number of Topliss-reactive ketones (excluding diaryl/α,β-unsaturated/α-hetero) is 1. The van der Waals surface area contributed by atoms with Crippen LogP contribution in [0.25, 0.3) is 0 Å². The van der Waals surface area contributed by atoms with Crippen molar-refractivity contribution in [1.29, 1.82) is 0 Å². The molecule has 24 heavy (non-hydrogen) atoms. The number of carbonyl (C=O) groups is 2. The molecule has 1 heterocycles. The number of esters is 1. The highest BCUT2D eigenvalue weighted by molar-refractivity contribution is 5.98. The Bertz CT molecular complexity index is 667. The molecule has 0 saturated heterocycles. The number of benzene rings is 1. The number of hydrogen-bond acceptors (Lipinski definition) is 4. The second-order valence-corrected chi connectivity index (χ2v) is 5.85. The molecule has 1 aromatic carbocycles. The molecule has 2 rings (SSSR count). The molecule has 0 atom stereocenters. The average Bonchev–Trinajstić information content (AvgIpc) is 3.05. The van der Waals surface area contributed by atoms with Gasteiger partial charge in [0.05, 0.1) is 19.1 Å². The maximum Gasteiger partial charge on any atom is 0.337 e. The fourth-order valence-corrected chi connectivity index (χ4v) is 2.55. The molecule has 0 unspecified atom stereocenters. The van der Waals surface area contributed by atoms with Gasteiger partial charge in [-0.25, -0.2) is 4.79 Å². The third-order valence-electron chi connectivity index (χ3n) is 3.96. The maximum atomic E-state index is 12.3. The highest BCUT2D eigenvalue weighted by Gasteiger charge is 2.12. The van der Waals surface area contributed by atoms with Crippen molar-refractivity contribution in [3.8, 4) is 0 Å². The first kappa shape index (κ1) is 18.0. The van der Waals surface area contributed by atoms with Crippen molar-refractivity contribution < 1.29 is 18.7 Å². The summed E-state index contributed by atoms with van der Waals surface area (Å²) in [5, 5.41) is 0. The summed E-state index contributed by atoms with van der Waals surface area (Å²) in [7, 11) is 1.33. The molecular formula is C20H24O4. The lowest BCUT2D eigenvalue weighted by Gasteiger charge is -2.02. The Balaban J connectivity index is 1.90. The van der Waals surface area contributed by atoms with Gasteiger partial charge >= 0.3 is 5.97 Å². The summed E-state index contributed by atoms with van der Waals surface area (Å²) < 4.78 is 10.4. The molecule has 0 aliphatic rings. The number of methoxy groups -OCH3 is 1. The van der Waals surface area contributed by atoms with E-state index in [0.29, 0.717) is 16.9 Å². The smallest absolute Gasteiger partial charge is 0.337 e. The predicted molar refractivity (Wildman–Crippen MR) is 92.4 cm³/mol. The second-order valence-electron chi connectivity index (χ2n) is 5.85. The van der Waals surface area contributed by atoms with Crippen LogP contribution in [0.1, 0.15) is 64.8 Å². The minimum atomic E-state index is -0.409. The van der Waals surface area contributed by atoms with Crippen LogP contribution in [0.2, 0.25) is 0 Å². The third-order valence-corrected chi connectivity index (χ3v) is 3.96. The summed E-state index contributed by atoms with van der Waals surface area (Å²) in [4.78, 5) is 23.7. The van der Waals surface area contributed by atoms with E-state index in [1.165, 1.54) is 26.4 Å². The van der Waals surface area contributed by atoms with Gasteiger partial charge in [0.25, 0.3) is 0 Å². The van der Waals surface area contributed by atoms with Crippen molar-refractivity contribution in [2.45, 2.75) is 45.4 Å². The van der Waals surface area contributed by atoms with Gasteiger partial charge in [0.2, 0.25) is 0 Å². The van der Waals surface area contributed by atoms with E-state index < -0.39 is 5.97 Å². The Morgan fingerprint density at radius 2 is 1.58 bits per heavy atom. The van der Waals surface area contributed by atoms with Crippen LogP contribution in [0.15, 0.2) is 40.8 Å². The van der Waals surface area contributed by atoms with Gasteiger partial charge in [-0.05, 0) is 30.7 Å². The minimum Gasteiger partial charge on any atom is -0.466 e. The van der Waals surface area contributed by atoms with Gasteiger partial charge in [-0.3, -0.25) is 4.79 Å². The number of hydrogen-bond donors (Lipinski definition) is 0. The molecule has 0 aliphatic carbocycles. The lowest BCUT2D eigenvalue weighted by Crippen LogP contribution is -2.05. The molecule has 0 saturated carbocycles. The summed E-state index contributed by atoms with van der Waals surface area (Å²) in [6, 6.07) is 10.3. The minimum absolute atomic E-state index is 0.0294. The van der Waals surface area contributed by atoms with Crippen LogP contribution in [-0.2, 0) is 17.6 Å². The molecule has 4 heteroatoms. The fraction of sp³-hybridized carbons (Fsp3) is 0.400. The molecule has 4 nitrogen and oxygen atoms in total. The van der Waals surface area contributed by atoms with E-state index in [2.05, 4.69) is 11.7 Å². The zero-order valence-electron chi connectivity index (χ0n) is 14.3. The molecule has 0 aliphatic heterocycles. The van der Waals surface area contributed by atoms with Crippen molar-refractivity contribution in [2.75, 3.05) is 7.11 Å². The molecule has 0 spiro atoms. The SMILES string of the molecule is CCCCCCc1ccc(CC(=O)c2ccc(C(=O)OC)cc2)o1. The van der Waals surface area contributed by atoms with Gasteiger partial charge in [-0.2, -0.15) is 0 Å². The standard InChI is InChI=1S/C20H24O4/c1-3-4-5-6-7-17-12-13-18(24-17)14-19(21)15-8-10-16(11-9-15)20(22)23-2/h8-13H,3-7,14H2,1-2H3. The van der Waals surface area contributed by atoms with Crippen LogP contribution in [0.5, 0.6) is 0 Å². The van der Waals surface area contributed by atoms with Crippen LogP contribution in [0, 0.1) is 0 Å². The van der Waals surface area contributed by atoms with Crippen LogP contribution in [0.3, 0.4) is 0 Å². The van der Waals surface area contributed by atoms with Gasteiger partial charge in [-0.1, -0.05) is 38.3 Å². The zero-order chi connectivity index (χ0) is 17.4. The first-order chi connectivity index (χ1) is 11.6. The first-order valence-corrected chi connectivity index (χ1v) is 8.43. The van der Waals surface area contributed by atoms with Crippen molar-refractivity contribution in [3.63, 3.8) is 0 Å². The lowest BCUT2D eigenvalue weighted by atomic mass is 10.1. The van der Waals surface area contributed by atoms with Crippen LogP contribution in [0.4, 0.5) is 0 Å². The van der Waals surface area contributed by atoms with E-state index in [0.717, 1.165) is 18.6 Å². The Hall–Kier alpha value is -2.36. The highest BCUT2D eigenvalue weighted by Crippen LogP contribution is 2.15. The predicted octanol–water partition coefficient (Wildman–Crippen LogP) is 4.61. The van der Waals surface area contributed by atoms with Crippen LogP contribution < -0.4 is 0 Å². The summed E-state index contributed by atoms with van der Waals surface area (Å²) in [5.74, 6) is 1.18. The molecule has 0 radical (unpaired) electrons. The molecule has 0 bridgehead atoms. The van der Waals surface area contributed by atoms with E-state index in [4.69, 9.17) is 4.42 Å². The molecule has 0 N–H and O–H groups in total. The number of aryl methyl sites for hydroxylation is 1. The maximum absolute atomic E-state index is 12.3. The molecule has 128 valence electrons. The monoisotopic (exact) mass is 328 g/mol. The number of rotatable bonds is 9. The van der Waals surface area contributed by atoms with E-state index in [1.807, 2.05) is 12.1 Å². The number of ether oxygens (including phenoxy) is 1. The zero-order valence-corrected chi connectivity index (χ0v) is 14.3. The third kappa shape index (κ3) is 5.08. The van der Waals surface area contributed by atoms with Crippen molar-refractivity contribution in [2.24, 2.45) is 0 Å². The molecular weight excluding hydrogens is 304 g/mol. The normalized spacial score (nSPS) is 10.6. The largest absolute Gasteiger partial charge is 0.466 e. The Morgan fingerprint density at radius 1 is 0.917 bits per heavy atom. The topological polar surface area (TPSA) is 56.5 Å². The summed E-state index contributed by atoms with van der Waals surface area (Å²) >= 11 is 0. The highest BCUT2D eigenvalue weighted by atomic mass is 16.5. The average molecular weight is 328 g/mol. The van der Waals surface area contributed by atoms with Crippen LogP contribution >= 0.6 is 0 Å². The summed E-state index contributed by atoms with van der Waals surface area (Å²) in [6.07, 6.45) is 5.93. The van der Waals surface area contributed by atoms with Gasteiger partial charge in [0.15, 0.2) is 5.78 Å². The lowest BCUT2D eigenvalue weighted by molar-refractivity contribution is 0.0600. The van der Waals surface area contributed by atoms with Crippen molar-refractivity contribution >= 4 is 11.8 Å². The van der Waals surface area contributed by atoms with Crippen molar-refractivity contribution in [3.05, 3.63) is 59.0 Å². The second kappa shape index (κ2) is 9.06. The number of furan rings is 1. The van der Waals surface area contributed by atoms with E-state index in [1.54, 1.807) is 24.3 Å². The van der Waals surface area contributed by atoms with E-state index in [9.17, 15) is 9.59 Å². The quantitative estimate of drug-likeness (QED) is 0.383. The van der Waals surface area contributed by atoms with E-state index >= 15 is 0 Å². The van der Waals surface area contributed by atoms with Crippen LogP contribution in [-0.4, -0.2) is 18.9 Å². The van der Waals surface area contributed by atoms with Gasteiger partial charge in [0, 0.05) is 12.0 Å². The molecule has 2 aromatic rings. The number of unbranched alkanes of at least 4 members (excludes halogenated alkanes) is 3. The first-order valence-electron chi connectivity index (χ1n) is 8.43. The Labute approximate surface area is 142 Å². The summed E-state index contributed by atoms with van der Waals surface area (Å²) in [5.41, 5.74) is 0.991. The molecule has 1 aromatic heterocycles. The van der Waals surface area contributed by atoms with Gasteiger partial charge in [0.1, 0.15) is 11.5 Å². The molecule has 0 amide bonds. The van der Waals surface area contributed by atoms with Gasteiger partial charge in [-0.15, -0.1) is 0 Å². The Morgan fingerprint density at radius 3 is 2.25 bits per heavy atom.